The Balaban J connectivity index is 1.70. The van der Waals surface area contributed by atoms with Crippen molar-refractivity contribution in [1.29, 1.82) is 0 Å². The molecule has 3 atom stereocenters. The summed E-state index contributed by atoms with van der Waals surface area (Å²) in [7, 11) is 5.76. The number of hydrogen-bond donors (Lipinski definition) is 1. The van der Waals surface area contributed by atoms with Gasteiger partial charge < -0.3 is 19.7 Å². The van der Waals surface area contributed by atoms with Crippen LogP contribution in [0.5, 0.6) is 11.5 Å². The molecule has 0 bridgehead atoms. The second-order valence-corrected chi connectivity index (χ2v) is 8.10. The third-order valence-corrected chi connectivity index (χ3v) is 7.10. The zero-order valence-corrected chi connectivity index (χ0v) is 15.2. The van der Waals surface area contributed by atoms with Gasteiger partial charge >= 0.3 is 0 Å². The molecule has 1 aliphatic carbocycles. The van der Waals surface area contributed by atoms with E-state index in [0.717, 1.165) is 11.5 Å². The summed E-state index contributed by atoms with van der Waals surface area (Å²) < 4.78 is 11.0. The fourth-order valence-electron chi connectivity index (χ4n) is 5.57. The first-order valence-corrected chi connectivity index (χ1v) is 9.26. The van der Waals surface area contributed by atoms with Crippen molar-refractivity contribution in [3.63, 3.8) is 0 Å². The Morgan fingerprint density at radius 1 is 1.08 bits per heavy atom. The van der Waals surface area contributed by atoms with Crippen LogP contribution >= 0.6 is 0 Å². The van der Waals surface area contributed by atoms with Gasteiger partial charge in [-0.3, -0.25) is 0 Å². The molecule has 2 saturated heterocycles. The molecule has 1 N–H and O–H groups in total. The van der Waals surface area contributed by atoms with Gasteiger partial charge in [-0.2, -0.15) is 0 Å². The SMILES string of the molecule is COc1ccc([C@]23CCN(C)[C@H]2CC2(CCNC2)CC3)cc1OC. The Labute approximate surface area is 145 Å². The predicted octanol–water partition coefficient (Wildman–Crippen LogP) is 2.81. The van der Waals surface area contributed by atoms with Gasteiger partial charge in [0.1, 0.15) is 0 Å². The second kappa shape index (κ2) is 5.92. The number of ether oxygens (including phenoxy) is 2. The molecule has 24 heavy (non-hydrogen) atoms. The highest BCUT2D eigenvalue weighted by Gasteiger charge is 2.54. The molecular formula is C20H30N2O2. The number of methoxy groups -OCH3 is 2. The van der Waals surface area contributed by atoms with Crippen molar-refractivity contribution in [2.45, 2.75) is 43.6 Å². The molecule has 2 aliphatic heterocycles. The molecule has 132 valence electrons. The van der Waals surface area contributed by atoms with E-state index in [4.69, 9.17) is 9.47 Å². The summed E-state index contributed by atoms with van der Waals surface area (Å²) in [5.74, 6) is 1.69. The van der Waals surface area contributed by atoms with Gasteiger partial charge in [0.2, 0.25) is 0 Å². The molecule has 1 spiro atoms. The molecule has 1 unspecified atom stereocenters. The maximum Gasteiger partial charge on any atom is 0.161 e. The highest BCUT2D eigenvalue weighted by Crippen LogP contribution is 2.55. The average molecular weight is 330 g/mol. The second-order valence-electron chi connectivity index (χ2n) is 8.10. The van der Waals surface area contributed by atoms with Crippen molar-refractivity contribution in [1.82, 2.24) is 10.2 Å². The Hall–Kier alpha value is -1.26. The maximum atomic E-state index is 5.58. The molecule has 1 saturated carbocycles. The number of rotatable bonds is 3. The van der Waals surface area contributed by atoms with E-state index >= 15 is 0 Å². The maximum absolute atomic E-state index is 5.58. The zero-order valence-electron chi connectivity index (χ0n) is 15.2. The van der Waals surface area contributed by atoms with Crippen molar-refractivity contribution in [2.24, 2.45) is 5.41 Å². The molecule has 0 aromatic heterocycles. The Morgan fingerprint density at radius 3 is 2.62 bits per heavy atom. The third-order valence-electron chi connectivity index (χ3n) is 7.10. The van der Waals surface area contributed by atoms with E-state index in [9.17, 15) is 0 Å². The first-order valence-electron chi connectivity index (χ1n) is 9.26. The average Bonchev–Trinajstić information content (AvgIpc) is 3.21. The number of fused-ring (bicyclic) bond motifs is 1. The smallest absolute Gasteiger partial charge is 0.161 e. The number of likely N-dealkylation sites (N-methyl/N-ethyl adjacent to an activating group) is 1. The zero-order chi connectivity index (χ0) is 16.8. The third kappa shape index (κ3) is 2.34. The van der Waals surface area contributed by atoms with Crippen molar-refractivity contribution in [3.05, 3.63) is 23.8 Å². The molecule has 4 rings (SSSR count). The van der Waals surface area contributed by atoms with Gasteiger partial charge in [0.15, 0.2) is 11.5 Å². The van der Waals surface area contributed by atoms with Crippen LogP contribution in [-0.2, 0) is 5.41 Å². The lowest BCUT2D eigenvalue weighted by atomic mass is 9.58. The van der Waals surface area contributed by atoms with Crippen molar-refractivity contribution in [2.75, 3.05) is 40.9 Å². The summed E-state index contributed by atoms with van der Waals surface area (Å²) in [5.41, 5.74) is 2.25. The standard InChI is InChI=1S/C20H30N2O2/c1-22-11-9-20(15-4-5-16(23-2)17(12-15)24-3)7-6-19(13-18(20)22)8-10-21-14-19/h4-5,12,18,21H,6-11,13-14H2,1-3H3/t18-,19?,20-/m0/s1. The van der Waals surface area contributed by atoms with Crippen LogP contribution in [0.25, 0.3) is 0 Å². The molecule has 0 amide bonds. The summed E-state index contributed by atoms with van der Waals surface area (Å²) in [6, 6.07) is 7.23. The van der Waals surface area contributed by atoms with Crippen molar-refractivity contribution >= 4 is 0 Å². The van der Waals surface area contributed by atoms with Crippen LogP contribution in [-0.4, -0.2) is 51.8 Å². The van der Waals surface area contributed by atoms with Gasteiger partial charge in [0.25, 0.3) is 0 Å². The van der Waals surface area contributed by atoms with Crippen LogP contribution in [0.1, 0.15) is 37.7 Å². The van der Waals surface area contributed by atoms with Crippen molar-refractivity contribution in [3.8, 4) is 11.5 Å². The Kier molecular flexibility index (Phi) is 4.00. The lowest BCUT2D eigenvalue weighted by Gasteiger charge is -2.49. The van der Waals surface area contributed by atoms with E-state index in [1.54, 1.807) is 14.2 Å². The van der Waals surface area contributed by atoms with Gasteiger partial charge in [-0.25, -0.2) is 0 Å². The van der Waals surface area contributed by atoms with Gasteiger partial charge in [-0.05, 0) is 75.4 Å². The van der Waals surface area contributed by atoms with Crippen LogP contribution in [0.15, 0.2) is 18.2 Å². The summed E-state index contributed by atoms with van der Waals surface area (Å²) in [5, 5.41) is 3.61. The largest absolute Gasteiger partial charge is 0.493 e. The molecular weight excluding hydrogens is 300 g/mol. The summed E-state index contributed by atoms with van der Waals surface area (Å²) in [4.78, 5) is 2.61. The van der Waals surface area contributed by atoms with Gasteiger partial charge in [-0.1, -0.05) is 6.07 Å². The molecule has 4 nitrogen and oxygen atoms in total. The monoisotopic (exact) mass is 330 g/mol. The molecule has 3 aliphatic rings. The minimum absolute atomic E-state index is 0.280. The van der Waals surface area contributed by atoms with Gasteiger partial charge in [0.05, 0.1) is 14.2 Å². The first-order chi connectivity index (χ1) is 11.6. The van der Waals surface area contributed by atoms with Crippen LogP contribution in [0.3, 0.4) is 0 Å². The first kappa shape index (κ1) is 16.2. The van der Waals surface area contributed by atoms with E-state index in [1.807, 2.05) is 0 Å². The summed E-state index contributed by atoms with van der Waals surface area (Å²) in [6.07, 6.45) is 6.56. The quantitative estimate of drug-likeness (QED) is 0.924. The molecule has 1 aromatic carbocycles. The lowest BCUT2D eigenvalue weighted by molar-refractivity contribution is 0.0818. The van der Waals surface area contributed by atoms with E-state index in [2.05, 4.69) is 35.5 Å². The van der Waals surface area contributed by atoms with Crippen LogP contribution in [0, 0.1) is 5.41 Å². The van der Waals surface area contributed by atoms with Crippen LogP contribution < -0.4 is 14.8 Å². The molecule has 0 radical (unpaired) electrons. The van der Waals surface area contributed by atoms with Gasteiger partial charge in [0, 0.05) is 18.0 Å². The number of nitrogens with zero attached hydrogens (tertiary/aromatic N) is 1. The van der Waals surface area contributed by atoms with Crippen molar-refractivity contribution < 1.29 is 9.47 Å². The normalized spacial score (nSPS) is 36.0. The topological polar surface area (TPSA) is 33.7 Å². The molecule has 2 heterocycles. The highest BCUT2D eigenvalue weighted by atomic mass is 16.5. The number of likely N-dealkylation sites (tertiary alicyclic amines) is 1. The van der Waals surface area contributed by atoms with E-state index in [1.165, 1.54) is 57.3 Å². The van der Waals surface area contributed by atoms with E-state index in [0.29, 0.717) is 11.5 Å². The minimum Gasteiger partial charge on any atom is -0.493 e. The molecule has 1 aromatic rings. The minimum atomic E-state index is 0.280. The molecule has 4 heteroatoms. The number of nitrogens with one attached hydrogen (secondary N) is 1. The van der Waals surface area contributed by atoms with Gasteiger partial charge in [-0.15, -0.1) is 0 Å². The Morgan fingerprint density at radius 2 is 1.92 bits per heavy atom. The Bertz CT molecular complexity index is 612. The number of hydrogen-bond acceptors (Lipinski definition) is 4. The lowest BCUT2D eigenvalue weighted by Crippen LogP contribution is -2.50. The van der Waals surface area contributed by atoms with Crippen LogP contribution in [0.4, 0.5) is 0 Å². The van der Waals surface area contributed by atoms with E-state index < -0.39 is 0 Å². The fraction of sp³-hybridized carbons (Fsp3) is 0.700. The summed E-state index contributed by atoms with van der Waals surface area (Å²) in [6.45, 7) is 3.60. The highest BCUT2D eigenvalue weighted by molar-refractivity contribution is 5.46. The number of benzene rings is 1. The van der Waals surface area contributed by atoms with Crippen LogP contribution in [0.2, 0.25) is 0 Å². The summed E-state index contributed by atoms with van der Waals surface area (Å²) >= 11 is 0. The molecule has 3 fully saturated rings. The predicted molar refractivity (Wildman–Crippen MR) is 96.0 cm³/mol. The fourth-order valence-corrected chi connectivity index (χ4v) is 5.57. The van der Waals surface area contributed by atoms with E-state index in [-0.39, 0.29) is 5.41 Å².